The Bertz CT molecular complexity index is 770. The van der Waals surface area contributed by atoms with Gasteiger partial charge in [-0.15, -0.1) is 0 Å². The molecule has 1 aromatic carbocycles. The lowest BCUT2D eigenvalue weighted by Gasteiger charge is -2.13. The number of rotatable bonds is 6. The highest BCUT2D eigenvalue weighted by atomic mass is 15.3. The van der Waals surface area contributed by atoms with Gasteiger partial charge in [-0.05, 0) is 45.4 Å². The van der Waals surface area contributed by atoms with Crippen molar-refractivity contribution in [3.8, 4) is 0 Å². The van der Waals surface area contributed by atoms with E-state index in [4.69, 9.17) is 0 Å². The van der Waals surface area contributed by atoms with Crippen LogP contribution in [0, 0.1) is 0 Å². The Morgan fingerprint density at radius 3 is 2.74 bits per heavy atom. The monoisotopic (exact) mass is 308 g/mol. The Morgan fingerprint density at radius 2 is 1.96 bits per heavy atom. The van der Waals surface area contributed by atoms with Crippen LogP contribution in [0.4, 0.5) is 0 Å². The quantitative estimate of drug-likeness (QED) is 0.751. The van der Waals surface area contributed by atoms with Gasteiger partial charge in [0.2, 0.25) is 0 Å². The first-order valence-electron chi connectivity index (χ1n) is 8.25. The molecule has 3 rings (SSSR count). The van der Waals surface area contributed by atoms with Crippen molar-refractivity contribution < 1.29 is 0 Å². The minimum atomic E-state index is 0.297. The molecule has 0 radical (unpaired) electrons. The van der Waals surface area contributed by atoms with Crippen LogP contribution >= 0.6 is 0 Å². The zero-order chi connectivity index (χ0) is 16.2. The van der Waals surface area contributed by atoms with Gasteiger partial charge in [0.1, 0.15) is 0 Å². The van der Waals surface area contributed by atoms with E-state index in [0.29, 0.717) is 12.1 Å². The fourth-order valence-electron chi connectivity index (χ4n) is 2.77. The summed E-state index contributed by atoms with van der Waals surface area (Å²) in [4.78, 5) is 4.52. The molecule has 2 heterocycles. The smallest absolute Gasteiger partial charge is 0.0734 e. The van der Waals surface area contributed by atoms with E-state index in [1.54, 1.807) is 0 Å². The second kappa shape index (κ2) is 6.92. The summed E-state index contributed by atoms with van der Waals surface area (Å²) < 4.78 is 2.00. The highest BCUT2D eigenvalue weighted by Crippen LogP contribution is 2.17. The number of nitrogens with one attached hydrogen (secondary N) is 1. The molecule has 1 unspecified atom stereocenters. The molecule has 0 amide bonds. The second-order valence-electron chi connectivity index (χ2n) is 6.27. The minimum absolute atomic E-state index is 0.297. The summed E-state index contributed by atoms with van der Waals surface area (Å²) in [5.41, 5.74) is 3.63. The highest BCUT2D eigenvalue weighted by molar-refractivity contribution is 5.81. The Morgan fingerprint density at radius 1 is 1.13 bits per heavy atom. The van der Waals surface area contributed by atoms with Crippen LogP contribution in [0.5, 0.6) is 0 Å². The summed E-state index contributed by atoms with van der Waals surface area (Å²) >= 11 is 0. The van der Waals surface area contributed by atoms with E-state index in [-0.39, 0.29) is 0 Å². The van der Waals surface area contributed by atoms with Crippen LogP contribution in [0.1, 0.15) is 44.0 Å². The predicted molar refractivity (Wildman–Crippen MR) is 94.5 cm³/mol. The van der Waals surface area contributed by atoms with Gasteiger partial charge in [-0.1, -0.05) is 24.3 Å². The Balaban J connectivity index is 1.62. The third kappa shape index (κ3) is 3.59. The topological polar surface area (TPSA) is 42.7 Å². The van der Waals surface area contributed by atoms with Gasteiger partial charge in [-0.25, -0.2) is 0 Å². The summed E-state index contributed by atoms with van der Waals surface area (Å²) in [7, 11) is 0. The number of para-hydroxylation sites is 1. The summed E-state index contributed by atoms with van der Waals surface area (Å²) in [5, 5.41) is 9.20. The van der Waals surface area contributed by atoms with Gasteiger partial charge >= 0.3 is 0 Å². The third-order valence-electron chi connectivity index (χ3n) is 4.21. The van der Waals surface area contributed by atoms with E-state index in [1.807, 2.05) is 23.1 Å². The average molecular weight is 308 g/mol. The molecular formula is C19H24N4. The van der Waals surface area contributed by atoms with Gasteiger partial charge in [-0.2, -0.15) is 5.10 Å². The van der Waals surface area contributed by atoms with Gasteiger partial charge in [0.15, 0.2) is 0 Å². The first-order valence-corrected chi connectivity index (χ1v) is 8.25. The van der Waals surface area contributed by atoms with Crippen LogP contribution < -0.4 is 5.32 Å². The Kier molecular flexibility index (Phi) is 4.72. The number of pyridine rings is 1. The SMILES string of the molecule is CC(NCCc1cccc2cccnc12)c1cnn(C(C)C)c1. The molecule has 0 aliphatic rings. The number of fused-ring (bicyclic) bond motifs is 1. The van der Waals surface area contributed by atoms with Crippen molar-refractivity contribution in [1.29, 1.82) is 0 Å². The van der Waals surface area contributed by atoms with E-state index in [2.05, 4.69) is 66.6 Å². The molecule has 0 saturated heterocycles. The van der Waals surface area contributed by atoms with E-state index < -0.39 is 0 Å². The molecule has 1 N–H and O–H groups in total. The number of hydrogen-bond donors (Lipinski definition) is 1. The van der Waals surface area contributed by atoms with Crippen molar-refractivity contribution >= 4 is 10.9 Å². The van der Waals surface area contributed by atoms with Crippen LogP contribution in [-0.2, 0) is 6.42 Å². The lowest BCUT2D eigenvalue weighted by molar-refractivity contribution is 0.529. The molecule has 120 valence electrons. The number of hydrogen-bond acceptors (Lipinski definition) is 3. The lowest BCUT2D eigenvalue weighted by atomic mass is 10.1. The maximum absolute atomic E-state index is 4.52. The molecule has 3 aromatic rings. The third-order valence-corrected chi connectivity index (χ3v) is 4.21. The van der Waals surface area contributed by atoms with Gasteiger partial charge in [0.05, 0.1) is 11.7 Å². The summed E-state index contributed by atoms with van der Waals surface area (Å²) in [5.74, 6) is 0. The van der Waals surface area contributed by atoms with Crippen molar-refractivity contribution in [3.05, 3.63) is 60.0 Å². The highest BCUT2D eigenvalue weighted by Gasteiger charge is 2.09. The van der Waals surface area contributed by atoms with Crippen LogP contribution in [0.15, 0.2) is 48.9 Å². The van der Waals surface area contributed by atoms with Crippen LogP contribution in [-0.4, -0.2) is 21.3 Å². The molecular weight excluding hydrogens is 284 g/mol. The first kappa shape index (κ1) is 15.7. The summed E-state index contributed by atoms with van der Waals surface area (Å²) in [6.07, 6.45) is 6.91. The largest absolute Gasteiger partial charge is 0.310 e. The average Bonchev–Trinajstić information content (AvgIpc) is 3.05. The van der Waals surface area contributed by atoms with Crippen molar-refractivity contribution in [2.45, 2.75) is 39.3 Å². The molecule has 0 spiro atoms. The lowest BCUT2D eigenvalue weighted by Crippen LogP contribution is -2.21. The number of aromatic nitrogens is 3. The zero-order valence-corrected chi connectivity index (χ0v) is 14.0. The van der Waals surface area contributed by atoms with Crippen LogP contribution in [0.3, 0.4) is 0 Å². The first-order chi connectivity index (χ1) is 11.1. The molecule has 0 saturated carbocycles. The molecule has 0 fully saturated rings. The fraction of sp³-hybridized carbons (Fsp3) is 0.368. The normalized spacial score (nSPS) is 12.9. The molecule has 4 nitrogen and oxygen atoms in total. The number of benzene rings is 1. The van der Waals surface area contributed by atoms with Crippen molar-refractivity contribution in [3.63, 3.8) is 0 Å². The molecule has 23 heavy (non-hydrogen) atoms. The predicted octanol–water partition coefficient (Wildman–Crippen LogP) is 3.91. The van der Waals surface area contributed by atoms with E-state index >= 15 is 0 Å². The van der Waals surface area contributed by atoms with E-state index in [0.717, 1.165) is 18.5 Å². The Hall–Kier alpha value is -2.20. The fourth-order valence-corrected chi connectivity index (χ4v) is 2.77. The minimum Gasteiger partial charge on any atom is -0.310 e. The molecule has 0 aliphatic carbocycles. The Labute approximate surface area is 137 Å². The molecule has 2 aromatic heterocycles. The number of nitrogens with zero attached hydrogens (tertiary/aromatic N) is 3. The van der Waals surface area contributed by atoms with Gasteiger partial charge in [-0.3, -0.25) is 9.67 Å². The van der Waals surface area contributed by atoms with Crippen molar-refractivity contribution in [2.24, 2.45) is 0 Å². The molecule has 4 heteroatoms. The van der Waals surface area contributed by atoms with Gasteiger partial charge in [0, 0.05) is 35.4 Å². The van der Waals surface area contributed by atoms with Crippen LogP contribution in [0.25, 0.3) is 10.9 Å². The van der Waals surface area contributed by atoms with Crippen molar-refractivity contribution in [2.75, 3.05) is 6.54 Å². The zero-order valence-electron chi connectivity index (χ0n) is 14.0. The summed E-state index contributed by atoms with van der Waals surface area (Å²) in [6, 6.07) is 11.2. The summed E-state index contributed by atoms with van der Waals surface area (Å²) in [6.45, 7) is 7.39. The molecule has 1 atom stereocenters. The second-order valence-corrected chi connectivity index (χ2v) is 6.27. The standard InChI is InChI=1S/C19H24N4/c1-14(2)23-13-18(12-22-23)15(3)20-11-9-17-7-4-6-16-8-5-10-21-19(16)17/h4-8,10,12-15,20H,9,11H2,1-3H3. The van der Waals surface area contributed by atoms with E-state index in [9.17, 15) is 0 Å². The van der Waals surface area contributed by atoms with E-state index in [1.165, 1.54) is 16.5 Å². The maximum atomic E-state index is 4.52. The van der Waals surface area contributed by atoms with Crippen LogP contribution in [0.2, 0.25) is 0 Å². The van der Waals surface area contributed by atoms with Gasteiger partial charge < -0.3 is 5.32 Å². The molecule has 0 aliphatic heterocycles. The van der Waals surface area contributed by atoms with Crippen molar-refractivity contribution in [1.82, 2.24) is 20.1 Å². The maximum Gasteiger partial charge on any atom is 0.0734 e. The van der Waals surface area contributed by atoms with Gasteiger partial charge in [0.25, 0.3) is 0 Å². The molecule has 0 bridgehead atoms.